The first-order valence-electron chi connectivity index (χ1n) is 6.48. The van der Waals surface area contributed by atoms with Crippen LogP contribution in [0.4, 0.5) is 5.69 Å². The van der Waals surface area contributed by atoms with Gasteiger partial charge in [-0.05, 0) is 58.6 Å². The molecule has 0 spiro atoms. The van der Waals surface area contributed by atoms with Gasteiger partial charge >= 0.3 is 0 Å². The molecule has 0 bridgehead atoms. The molecule has 0 aliphatic carbocycles. The molecule has 1 atom stereocenters. The lowest BCUT2D eigenvalue weighted by molar-refractivity contribution is 0.728. The molecular weight excluding hydrogens is 318 g/mol. The van der Waals surface area contributed by atoms with E-state index in [2.05, 4.69) is 70.6 Å². The van der Waals surface area contributed by atoms with Crippen molar-refractivity contribution in [3.05, 3.63) is 58.1 Å². The van der Waals surface area contributed by atoms with E-state index in [1.54, 1.807) is 0 Å². The van der Waals surface area contributed by atoms with Crippen LogP contribution in [-0.2, 0) is 0 Å². The van der Waals surface area contributed by atoms with Gasteiger partial charge in [-0.1, -0.05) is 24.3 Å². The average Bonchev–Trinajstić information content (AvgIpc) is 2.42. The first kappa shape index (κ1) is 13.1. The number of fused-ring (bicyclic) bond motifs is 1. The Morgan fingerprint density at radius 2 is 2.05 bits per heavy atom. The summed E-state index contributed by atoms with van der Waals surface area (Å²) < 4.78 is 1.14. The Morgan fingerprint density at radius 3 is 2.89 bits per heavy atom. The molecule has 0 fully saturated rings. The quantitative estimate of drug-likeness (QED) is 0.788. The fourth-order valence-corrected chi connectivity index (χ4v) is 4.15. The van der Waals surface area contributed by atoms with Crippen LogP contribution in [0.5, 0.6) is 0 Å². The lowest BCUT2D eigenvalue weighted by Gasteiger charge is -2.27. The molecule has 2 aromatic rings. The summed E-state index contributed by atoms with van der Waals surface area (Å²) in [5.41, 5.74) is 3.88. The van der Waals surface area contributed by atoms with Gasteiger partial charge in [0.1, 0.15) is 0 Å². The van der Waals surface area contributed by atoms with Gasteiger partial charge in [-0.3, -0.25) is 0 Å². The van der Waals surface area contributed by atoms with Gasteiger partial charge in [0.25, 0.3) is 0 Å². The SMILES string of the molecule is Cc1ccc(NC2CCSc3ccccc32)c(Br)c1. The minimum atomic E-state index is 0.413. The number of benzene rings is 2. The summed E-state index contributed by atoms with van der Waals surface area (Å²) in [6.45, 7) is 2.11. The predicted molar refractivity (Wildman–Crippen MR) is 87.0 cm³/mol. The van der Waals surface area contributed by atoms with Gasteiger partial charge in [-0.25, -0.2) is 0 Å². The maximum atomic E-state index is 3.67. The van der Waals surface area contributed by atoms with Crippen LogP contribution < -0.4 is 5.32 Å². The van der Waals surface area contributed by atoms with Gasteiger partial charge in [-0.15, -0.1) is 11.8 Å². The second-order valence-electron chi connectivity index (χ2n) is 4.86. The van der Waals surface area contributed by atoms with Gasteiger partial charge in [0, 0.05) is 20.8 Å². The van der Waals surface area contributed by atoms with Crippen LogP contribution in [0, 0.1) is 6.92 Å². The van der Waals surface area contributed by atoms with E-state index in [4.69, 9.17) is 0 Å². The lowest BCUT2D eigenvalue weighted by atomic mass is 10.0. The zero-order chi connectivity index (χ0) is 13.2. The highest BCUT2D eigenvalue weighted by atomic mass is 79.9. The Kier molecular flexibility index (Phi) is 3.85. The molecule has 1 N–H and O–H groups in total. The average molecular weight is 334 g/mol. The topological polar surface area (TPSA) is 12.0 Å². The van der Waals surface area contributed by atoms with Crippen LogP contribution in [0.25, 0.3) is 0 Å². The molecular formula is C16H16BrNS. The van der Waals surface area contributed by atoms with E-state index in [1.165, 1.54) is 33.9 Å². The number of aryl methyl sites for hydroxylation is 1. The fourth-order valence-electron chi connectivity index (χ4n) is 2.42. The molecule has 3 heteroatoms. The highest BCUT2D eigenvalue weighted by Crippen LogP contribution is 2.38. The largest absolute Gasteiger partial charge is 0.377 e. The van der Waals surface area contributed by atoms with Crippen molar-refractivity contribution in [3.8, 4) is 0 Å². The predicted octanol–water partition coefficient (Wildman–Crippen LogP) is 5.41. The van der Waals surface area contributed by atoms with Crippen LogP contribution >= 0.6 is 27.7 Å². The lowest BCUT2D eigenvalue weighted by Crippen LogP contribution is -2.16. The minimum absolute atomic E-state index is 0.413. The van der Waals surface area contributed by atoms with Crippen LogP contribution in [-0.4, -0.2) is 5.75 Å². The summed E-state index contributed by atoms with van der Waals surface area (Å²) in [5, 5.41) is 3.67. The number of anilines is 1. The molecule has 0 amide bonds. The van der Waals surface area contributed by atoms with Crippen molar-refractivity contribution in [1.82, 2.24) is 0 Å². The van der Waals surface area contributed by atoms with Crippen LogP contribution in [0.15, 0.2) is 51.8 Å². The molecule has 0 aromatic heterocycles. The number of thioether (sulfide) groups is 1. The molecule has 3 rings (SSSR count). The molecule has 1 unspecified atom stereocenters. The minimum Gasteiger partial charge on any atom is -0.377 e. The van der Waals surface area contributed by atoms with Gasteiger partial charge in [0.15, 0.2) is 0 Å². The number of halogens is 1. The van der Waals surface area contributed by atoms with Crippen molar-refractivity contribution in [2.45, 2.75) is 24.3 Å². The first-order valence-corrected chi connectivity index (χ1v) is 8.26. The smallest absolute Gasteiger partial charge is 0.0533 e. The summed E-state index contributed by atoms with van der Waals surface area (Å²) >= 11 is 5.60. The van der Waals surface area contributed by atoms with Crippen molar-refractivity contribution in [1.29, 1.82) is 0 Å². The van der Waals surface area contributed by atoms with Crippen molar-refractivity contribution in [2.75, 3.05) is 11.1 Å². The van der Waals surface area contributed by atoms with Crippen LogP contribution in [0.2, 0.25) is 0 Å². The monoisotopic (exact) mass is 333 g/mol. The standard InChI is InChI=1S/C16H16BrNS/c1-11-6-7-15(13(17)10-11)18-14-8-9-19-16-5-3-2-4-12(14)16/h2-7,10,14,18H,8-9H2,1H3. The molecule has 1 aliphatic rings. The number of hydrogen-bond acceptors (Lipinski definition) is 2. The summed E-state index contributed by atoms with van der Waals surface area (Å²) in [4.78, 5) is 1.41. The Morgan fingerprint density at radius 1 is 1.21 bits per heavy atom. The maximum absolute atomic E-state index is 3.67. The highest BCUT2D eigenvalue weighted by molar-refractivity contribution is 9.10. The summed E-state index contributed by atoms with van der Waals surface area (Å²) in [6.07, 6.45) is 1.17. The van der Waals surface area contributed by atoms with Gasteiger partial charge in [0.05, 0.1) is 6.04 Å². The van der Waals surface area contributed by atoms with E-state index < -0.39 is 0 Å². The highest BCUT2D eigenvalue weighted by Gasteiger charge is 2.20. The van der Waals surface area contributed by atoms with Crippen molar-refractivity contribution in [2.24, 2.45) is 0 Å². The molecule has 1 nitrogen and oxygen atoms in total. The van der Waals surface area contributed by atoms with Crippen LogP contribution in [0.1, 0.15) is 23.6 Å². The molecule has 0 radical (unpaired) electrons. The normalized spacial score (nSPS) is 17.9. The molecule has 0 saturated carbocycles. The van der Waals surface area contributed by atoms with Crippen LogP contribution in [0.3, 0.4) is 0 Å². The maximum Gasteiger partial charge on any atom is 0.0533 e. The third-order valence-corrected chi connectivity index (χ3v) is 5.19. The molecule has 98 valence electrons. The van der Waals surface area contributed by atoms with E-state index in [-0.39, 0.29) is 0 Å². The van der Waals surface area contributed by atoms with E-state index in [9.17, 15) is 0 Å². The summed E-state index contributed by atoms with van der Waals surface area (Å²) in [6, 6.07) is 15.6. The second-order valence-corrected chi connectivity index (χ2v) is 6.85. The Hall–Kier alpha value is -0.930. The molecule has 2 aromatic carbocycles. The zero-order valence-electron chi connectivity index (χ0n) is 10.8. The summed E-state index contributed by atoms with van der Waals surface area (Å²) in [5.74, 6) is 1.18. The third-order valence-electron chi connectivity index (χ3n) is 3.41. The Balaban J connectivity index is 1.88. The second kappa shape index (κ2) is 5.59. The van der Waals surface area contributed by atoms with Gasteiger partial charge < -0.3 is 5.32 Å². The van der Waals surface area contributed by atoms with E-state index >= 15 is 0 Å². The third kappa shape index (κ3) is 2.82. The molecule has 19 heavy (non-hydrogen) atoms. The van der Waals surface area contributed by atoms with E-state index in [0.717, 1.165) is 4.47 Å². The number of hydrogen-bond donors (Lipinski definition) is 1. The van der Waals surface area contributed by atoms with Crippen molar-refractivity contribution < 1.29 is 0 Å². The number of nitrogens with one attached hydrogen (secondary N) is 1. The fraction of sp³-hybridized carbons (Fsp3) is 0.250. The van der Waals surface area contributed by atoms with Gasteiger partial charge in [0.2, 0.25) is 0 Å². The zero-order valence-corrected chi connectivity index (χ0v) is 13.2. The summed E-state index contributed by atoms with van der Waals surface area (Å²) in [7, 11) is 0. The Labute approximate surface area is 126 Å². The number of rotatable bonds is 2. The van der Waals surface area contributed by atoms with E-state index in [0.29, 0.717) is 6.04 Å². The molecule has 1 heterocycles. The van der Waals surface area contributed by atoms with Gasteiger partial charge in [-0.2, -0.15) is 0 Å². The first-order chi connectivity index (χ1) is 9.24. The van der Waals surface area contributed by atoms with Crippen molar-refractivity contribution >= 4 is 33.4 Å². The molecule has 0 saturated heterocycles. The Bertz CT molecular complexity index is 597. The molecule has 1 aliphatic heterocycles. The van der Waals surface area contributed by atoms with Crippen molar-refractivity contribution in [3.63, 3.8) is 0 Å². The van der Waals surface area contributed by atoms with E-state index in [1.807, 2.05) is 11.8 Å².